The number of benzene rings is 1. The summed E-state index contributed by atoms with van der Waals surface area (Å²) in [6.07, 6.45) is 0.184. The van der Waals surface area contributed by atoms with Crippen molar-refractivity contribution in [3.8, 4) is 5.69 Å². The summed E-state index contributed by atoms with van der Waals surface area (Å²) < 4.78 is 1.74. The lowest BCUT2D eigenvalue weighted by molar-refractivity contribution is -0.123. The van der Waals surface area contributed by atoms with E-state index in [9.17, 15) is 9.59 Å². The number of hydrogen-bond donors (Lipinski definition) is 2. The van der Waals surface area contributed by atoms with E-state index < -0.39 is 0 Å². The molecule has 0 radical (unpaired) electrons. The highest BCUT2D eigenvalue weighted by Crippen LogP contribution is 2.27. The Hall–Kier alpha value is -2.34. The number of carbonyl (C=O) groups is 2. The molecular weight excluding hydrogens is 364 g/mol. The van der Waals surface area contributed by atoms with Gasteiger partial charge in [-0.1, -0.05) is 38.5 Å². The Morgan fingerprint density at radius 1 is 1.15 bits per heavy atom. The van der Waals surface area contributed by atoms with Gasteiger partial charge in [0.05, 0.1) is 17.9 Å². The number of aromatic nitrogens is 2. The quantitative estimate of drug-likeness (QED) is 0.741. The van der Waals surface area contributed by atoms with E-state index in [1.54, 1.807) is 4.68 Å². The van der Waals surface area contributed by atoms with Crippen LogP contribution >= 0.6 is 11.6 Å². The topological polar surface area (TPSA) is 76.0 Å². The third-order valence-electron chi connectivity index (χ3n) is 4.09. The molecule has 0 aliphatic rings. The number of carbonyl (C=O) groups excluding carboxylic acids is 2. The Bertz CT molecular complexity index is 837. The van der Waals surface area contributed by atoms with Gasteiger partial charge in [-0.25, -0.2) is 4.68 Å². The van der Waals surface area contributed by atoms with Crippen LogP contribution in [-0.4, -0.2) is 34.0 Å². The van der Waals surface area contributed by atoms with Gasteiger partial charge in [-0.05, 0) is 25.5 Å². The highest BCUT2D eigenvalue weighted by Gasteiger charge is 2.22. The molecule has 0 spiro atoms. The van der Waals surface area contributed by atoms with Crippen LogP contribution in [0.5, 0.6) is 0 Å². The second-order valence-corrected chi connectivity index (χ2v) is 8.01. The van der Waals surface area contributed by atoms with Gasteiger partial charge in [0.2, 0.25) is 11.8 Å². The summed E-state index contributed by atoms with van der Waals surface area (Å²) in [5.41, 5.74) is 3.82. The maximum Gasteiger partial charge on any atom is 0.244 e. The van der Waals surface area contributed by atoms with Crippen molar-refractivity contribution in [2.75, 3.05) is 17.7 Å². The number of amides is 2. The van der Waals surface area contributed by atoms with Crippen LogP contribution in [0, 0.1) is 13.8 Å². The molecule has 0 aliphatic heterocycles. The molecule has 2 amide bonds. The minimum absolute atomic E-state index is 0.112. The molecule has 27 heavy (non-hydrogen) atoms. The van der Waals surface area contributed by atoms with Gasteiger partial charge < -0.3 is 10.6 Å². The predicted molar refractivity (Wildman–Crippen MR) is 109 cm³/mol. The van der Waals surface area contributed by atoms with Crippen molar-refractivity contribution in [3.05, 3.63) is 41.1 Å². The molecule has 7 heteroatoms. The molecule has 2 rings (SSSR count). The number of rotatable bonds is 6. The summed E-state index contributed by atoms with van der Waals surface area (Å²) in [5, 5.41) is 10.1. The van der Waals surface area contributed by atoms with E-state index in [2.05, 4.69) is 37.5 Å². The number of aryl methyl sites for hydroxylation is 2. The van der Waals surface area contributed by atoms with Crippen molar-refractivity contribution in [2.24, 2.45) is 0 Å². The normalized spacial score (nSPS) is 11.3. The molecular formula is C20H27ClN4O2. The number of hydrogen-bond acceptors (Lipinski definition) is 3. The van der Waals surface area contributed by atoms with Crippen LogP contribution in [0.2, 0.25) is 0 Å². The van der Waals surface area contributed by atoms with Crippen LogP contribution in [0.25, 0.3) is 5.69 Å². The van der Waals surface area contributed by atoms with Gasteiger partial charge >= 0.3 is 0 Å². The second kappa shape index (κ2) is 8.57. The van der Waals surface area contributed by atoms with E-state index in [0.717, 1.165) is 22.5 Å². The lowest BCUT2D eigenvalue weighted by Gasteiger charge is -2.14. The molecule has 1 heterocycles. The van der Waals surface area contributed by atoms with Gasteiger partial charge in [-0.15, -0.1) is 11.6 Å². The van der Waals surface area contributed by atoms with Crippen molar-refractivity contribution in [3.63, 3.8) is 0 Å². The smallest absolute Gasteiger partial charge is 0.244 e. The first kappa shape index (κ1) is 21.0. The first-order valence-corrected chi connectivity index (χ1v) is 9.46. The van der Waals surface area contributed by atoms with Crippen LogP contribution in [-0.2, 0) is 15.0 Å². The summed E-state index contributed by atoms with van der Waals surface area (Å²) in [7, 11) is 0. The first-order valence-electron chi connectivity index (χ1n) is 8.92. The summed E-state index contributed by atoms with van der Waals surface area (Å²) >= 11 is 5.53. The van der Waals surface area contributed by atoms with E-state index in [0.29, 0.717) is 5.82 Å². The fraction of sp³-hybridized carbons (Fsp3) is 0.450. The molecule has 0 unspecified atom stereocenters. The van der Waals surface area contributed by atoms with Crippen LogP contribution in [0.4, 0.5) is 5.82 Å². The van der Waals surface area contributed by atoms with Crippen molar-refractivity contribution in [1.29, 1.82) is 0 Å². The third kappa shape index (κ3) is 5.57. The predicted octanol–water partition coefficient (Wildman–Crippen LogP) is 3.47. The SMILES string of the molecule is Cc1ccc(-n2nc(C(C)(C)C)cc2NC(=O)CNC(=O)CCCl)c(C)c1. The van der Waals surface area contributed by atoms with Gasteiger partial charge in [0.25, 0.3) is 0 Å². The molecule has 1 aromatic carbocycles. The molecule has 146 valence electrons. The van der Waals surface area contributed by atoms with E-state index in [4.69, 9.17) is 16.7 Å². The van der Waals surface area contributed by atoms with Gasteiger partial charge in [-0.2, -0.15) is 5.10 Å². The Morgan fingerprint density at radius 3 is 2.44 bits per heavy atom. The average molecular weight is 391 g/mol. The molecule has 0 atom stereocenters. The molecule has 0 bridgehead atoms. The van der Waals surface area contributed by atoms with Crippen molar-refractivity contribution < 1.29 is 9.59 Å². The zero-order valence-electron chi connectivity index (χ0n) is 16.5. The van der Waals surface area contributed by atoms with E-state index in [-0.39, 0.29) is 36.1 Å². The Morgan fingerprint density at radius 2 is 1.85 bits per heavy atom. The highest BCUT2D eigenvalue weighted by molar-refractivity contribution is 6.19. The summed E-state index contributed by atoms with van der Waals surface area (Å²) in [6.45, 7) is 10.1. The lowest BCUT2D eigenvalue weighted by Crippen LogP contribution is -2.33. The van der Waals surface area contributed by atoms with Crippen LogP contribution in [0.3, 0.4) is 0 Å². The van der Waals surface area contributed by atoms with Gasteiger partial charge in [0.1, 0.15) is 5.82 Å². The maximum absolute atomic E-state index is 12.3. The number of nitrogens with one attached hydrogen (secondary N) is 2. The van der Waals surface area contributed by atoms with Crippen molar-refractivity contribution in [2.45, 2.75) is 46.5 Å². The standard InChI is InChI=1S/C20H27ClN4O2/c1-13-6-7-15(14(2)10-13)25-17(11-16(24-25)20(3,4)5)23-19(27)12-22-18(26)8-9-21/h6-7,10-11H,8-9,12H2,1-5H3,(H,22,26)(H,23,27). The zero-order chi connectivity index (χ0) is 20.2. The molecule has 1 aromatic heterocycles. The van der Waals surface area contributed by atoms with Gasteiger partial charge in [-0.3, -0.25) is 9.59 Å². The van der Waals surface area contributed by atoms with E-state index in [1.165, 1.54) is 0 Å². The first-order chi connectivity index (χ1) is 12.6. The maximum atomic E-state index is 12.3. The molecule has 6 nitrogen and oxygen atoms in total. The minimum atomic E-state index is -0.315. The molecule has 2 aromatic rings. The van der Waals surface area contributed by atoms with E-state index >= 15 is 0 Å². The number of alkyl halides is 1. The molecule has 0 saturated heterocycles. The molecule has 0 saturated carbocycles. The molecule has 2 N–H and O–H groups in total. The summed E-state index contributed by atoms with van der Waals surface area (Å²) in [5.74, 6) is 0.230. The van der Waals surface area contributed by atoms with E-state index in [1.807, 2.05) is 32.0 Å². The third-order valence-corrected chi connectivity index (χ3v) is 4.28. The van der Waals surface area contributed by atoms with Crippen LogP contribution in [0.1, 0.15) is 44.0 Å². The van der Waals surface area contributed by atoms with Gasteiger partial charge in [0.15, 0.2) is 0 Å². The summed E-state index contributed by atoms with van der Waals surface area (Å²) in [6, 6.07) is 7.95. The number of nitrogens with zero attached hydrogens (tertiary/aromatic N) is 2. The van der Waals surface area contributed by atoms with Gasteiger partial charge in [0, 0.05) is 23.8 Å². The Kier molecular flexibility index (Phi) is 6.65. The average Bonchev–Trinajstić information content (AvgIpc) is 2.97. The largest absolute Gasteiger partial charge is 0.347 e. The fourth-order valence-electron chi connectivity index (χ4n) is 2.60. The van der Waals surface area contributed by atoms with Crippen LogP contribution in [0.15, 0.2) is 24.3 Å². The highest BCUT2D eigenvalue weighted by atomic mass is 35.5. The molecule has 0 fully saturated rings. The number of anilines is 1. The van der Waals surface area contributed by atoms with Crippen molar-refractivity contribution >= 4 is 29.2 Å². The Balaban J connectivity index is 2.30. The zero-order valence-corrected chi connectivity index (χ0v) is 17.3. The minimum Gasteiger partial charge on any atom is -0.347 e. The van der Waals surface area contributed by atoms with Crippen molar-refractivity contribution in [1.82, 2.24) is 15.1 Å². The fourth-order valence-corrected chi connectivity index (χ4v) is 2.78. The number of halogens is 1. The molecule has 0 aliphatic carbocycles. The monoisotopic (exact) mass is 390 g/mol. The summed E-state index contributed by atoms with van der Waals surface area (Å²) in [4.78, 5) is 23.8. The second-order valence-electron chi connectivity index (χ2n) is 7.63. The lowest BCUT2D eigenvalue weighted by atomic mass is 9.92. The Labute approximate surface area is 165 Å². The van der Waals surface area contributed by atoms with Crippen LogP contribution < -0.4 is 10.6 Å².